The SMILES string of the molecule is CC(C)CNC(=O)c1ccc(-c2ccccc2)c(C(=O)O)c1C1CC(c2ccccc2)c2cc(C(=N)N)ccc2N1. The Morgan fingerprint density at radius 3 is 2.32 bits per heavy atom. The molecule has 208 valence electrons. The lowest BCUT2D eigenvalue weighted by atomic mass is 9.77. The minimum absolute atomic E-state index is 0.0189. The summed E-state index contributed by atoms with van der Waals surface area (Å²) in [6, 6.07) is 28.0. The maximum absolute atomic E-state index is 13.6. The lowest BCUT2D eigenvalue weighted by Crippen LogP contribution is -2.32. The highest BCUT2D eigenvalue weighted by Crippen LogP contribution is 2.46. The van der Waals surface area contributed by atoms with Crippen molar-refractivity contribution in [2.75, 3.05) is 11.9 Å². The fourth-order valence-electron chi connectivity index (χ4n) is 5.61. The number of nitrogens with two attached hydrogens (primary N) is 1. The summed E-state index contributed by atoms with van der Waals surface area (Å²) >= 11 is 0. The van der Waals surface area contributed by atoms with Crippen LogP contribution in [0.15, 0.2) is 91.0 Å². The zero-order chi connectivity index (χ0) is 29.1. The Morgan fingerprint density at radius 2 is 1.68 bits per heavy atom. The molecule has 1 aliphatic rings. The molecule has 0 aromatic heterocycles. The molecular weight excluding hydrogens is 512 g/mol. The Labute approximate surface area is 239 Å². The Balaban J connectivity index is 1.72. The van der Waals surface area contributed by atoms with Crippen LogP contribution < -0.4 is 16.4 Å². The second kappa shape index (κ2) is 11.7. The molecule has 41 heavy (non-hydrogen) atoms. The van der Waals surface area contributed by atoms with E-state index in [2.05, 4.69) is 10.6 Å². The van der Waals surface area contributed by atoms with Gasteiger partial charge in [-0.15, -0.1) is 0 Å². The van der Waals surface area contributed by atoms with Gasteiger partial charge < -0.3 is 21.5 Å². The topological polar surface area (TPSA) is 128 Å². The average Bonchev–Trinajstić information content (AvgIpc) is 2.99. The van der Waals surface area contributed by atoms with Gasteiger partial charge in [-0.3, -0.25) is 10.2 Å². The third-order valence-electron chi connectivity index (χ3n) is 7.55. The normalized spacial score (nSPS) is 16.0. The zero-order valence-corrected chi connectivity index (χ0v) is 23.1. The van der Waals surface area contributed by atoms with Crippen molar-refractivity contribution in [3.05, 3.63) is 124 Å². The van der Waals surface area contributed by atoms with E-state index >= 15 is 0 Å². The maximum atomic E-state index is 13.6. The second-order valence-electron chi connectivity index (χ2n) is 10.8. The van der Waals surface area contributed by atoms with Crippen LogP contribution >= 0.6 is 0 Å². The molecule has 0 bridgehead atoms. The molecule has 2 unspecified atom stereocenters. The van der Waals surface area contributed by atoms with Crippen molar-refractivity contribution >= 4 is 23.4 Å². The number of hydrogen-bond acceptors (Lipinski definition) is 4. The predicted molar refractivity (Wildman–Crippen MR) is 163 cm³/mol. The molecule has 4 aromatic rings. The van der Waals surface area contributed by atoms with Crippen molar-refractivity contribution in [1.82, 2.24) is 5.32 Å². The van der Waals surface area contributed by atoms with Gasteiger partial charge in [0.25, 0.3) is 5.91 Å². The van der Waals surface area contributed by atoms with Gasteiger partial charge in [0.1, 0.15) is 5.84 Å². The van der Waals surface area contributed by atoms with Crippen LogP contribution in [0.2, 0.25) is 0 Å². The van der Waals surface area contributed by atoms with E-state index in [9.17, 15) is 14.7 Å². The Kier molecular flexibility index (Phi) is 7.88. The lowest BCUT2D eigenvalue weighted by Gasteiger charge is -2.36. The number of rotatable bonds is 8. The van der Waals surface area contributed by atoms with Crippen LogP contribution in [0.25, 0.3) is 11.1 Å². The first-order valence-electron chi connectivity index (χ1n) is 13.8. The summed E-state index contributed by atoms with van der Waals surface area (Å²) in [5.41, 5.74) is 11.5. The summed E-state index contributed by atoms with van der Waals surface area (Å²) in [6.45, 7) is 4.51. The van der Waals surface area contributed by atoms with Gasteiger partial charge in [0.2, 0.25) is 0 Å². The molecule has 7 nitrogen and oxygen atoms in total. The summed E-state index contributed by atoms with van der Waals surface area (Å²) in [7, 11) is 0. The van der Waals surface area contributed by atoms with E-state index < -0.39 is 12.0 Å². The molecule has 4 aromatic carbocycles. The van der Waals surface area contributed by atoms with E-state index in [0.29, 0.717) is 35.2 Å². The van der Waals surface area contributed by atoms with E-state index in [-0.39, 0.29) is 29.1 Å². The highest BCUT2D eigenvalue weighted by Gasteiger charge is 2.35. The number of carboxylic acids is 1. The van der Waals surface area contributed by atoms with Gasteiger partial charge in [-0.1, -0.05) is 80.6 Å². The van der Waals surface area contributed by atoms with E-state index in [1.54, 1.807) is 18.2 Å². The minimum atomic E-state index is -1.09. The van der Waals surface area contributed by atoms with Gasteiger partial charge in [-0.2, -0.15) is 0 Å². The third kappa shape index (κ3) is 5.70. The van der Waals surface area contributed by atoms with Gasteiger partial charge in [-0.25, -0.2) is 4.79 Å². The molecule has 0 aliphatic carbocycles. The summed E-state index contributed by atoms with van der Waals surface area (Å²) in [5.74, 6) is -1.29. The third-order valence-corrected chi connectivity index (χ3v) is 7.55. The van der Waals surface area contributed by atoms with Crippen LogP contribution in [0.1, 0.15) is 75.2 Å². The number of benzene rings is 4. The molecule has 0 fully saturated rings. The first-order valence-corrected chi connectivity index (χ1v) is 13.8. The molecular formula is C34H34N4O3. The summed E-state index contributed by atoms with van der Waals surface area (Å²) < 4.78 is 0. The molecule has 1 heterocycles. The van der Waals surface area contributed by atoms with Crippen LogP contribution in [0.4, 0.5) is 5.69 Å². The monoisotopic (exact) mass is 546 g/mol. The van der Waals surface area contributed by atoms with Crippen molar-refractivity contribution in [3.8, 4) is 11.1 Å². The summed E-state index contributed by atoms with van der Waals surface area (Å²) in [6.07, 6.45) is 0.501. The number of nitrogens with one attached hydrogen (secondary N) is 3. The summed E-state index contributed by atoms with van der Waals surface area (Å²) in [5, 5.41) is 25.2. The molecule has 0 saturated carbocycles. The molecule has 6 N–H and O–H groups in total. The zero-order valence-electron chi connectivity index (χ0n) is 23.1. The highest BCUT2D eigenvalue weighted by atomic mass is 16.4. The quantitative estimate of drug-likeness (QED) is 0.129. The molecule has 2 atom stereocenters. The first-order chi connectivity index (χ1) is 19.7. The van der Waals surface area contributed by atoms with Crippen LogP contribution in [-0.4, -0.2) is 29.4 Å². The number of amides is 1. The van der Waals surface area contributed by atoms with Gasteiger partial charge in [0.05, 0.1) is 11.6 Å². The predicted octanol–water partition coefficient (Wildman–Crippen LogP) is 6.41. The lowest BCUT2D eigenvalue weighted by molar-refractivity contribution is 0.0696. The molecule has 0 radical (unpaired) electrons. The number of aromatic carboxylic acids is 1. The van der Waals surface area contributed by atoms with Gasteiger partial charge in [-0.05, 0) is 58.9 Å². The first kappa shape index (κ1) is 27.6. The summed E-state index contributed by atoms with van der Waals surface area (Å²) in [4.78, 5) is 26.6. The van der Waals surface area contributed by atoms with E-state index in [1.807, 2.05) is 86.6 Å². The number of nitrogen functional groups attached to an aromatic ring is 1. The van der Waals surface area contributed by atoms with E-state index in [1.165, 1.54) is 0 Å². The van der Waals surface area contributed by atoms with Crippen molar-refractivity contribution in [1.29, 1.82) is 5.41 Å². The Bertz CT molecular complexity index is 1600. The number of carbonyl (C=O) groups is 2. The van der Waals surface area contributed by atoms with Crippen molar-refractivity contribution in [2.24, 2.45) is 11.7 Å². The molecule has 1 amide bonds. The molecule has 0 spiro atoms. The maximum Gasteiger partial charge on any atom is 0.336 e. The molecule has 5 rings (SSSR count). The van der Waals surface area contributed by atoms with Crippen molar-refractivity contribution < 1.29 is 14.7 Å². The fraction of sp³-hybridized carbons (Fsp3) is 0.206. The van der Waals surface area contributed by atoms with Gasteiger partial charge >= 0.3 is 5.97 Å². The van der Waals surface area contributed by atoms with Crippen molar-refractivity contribution in [2.45, 2.75) is 32.2 Å². The standard InChI is InChI=1S/C34H34N4O3/c1-20(2)19-37-33(39)25-15-14-24(21-9-5-3-6-10-21)31(34(40)41)30(25)29-18-26(22-11-7-4-8-12-22)27-17-23(32(35)36)13-16-28(27)38-29/h3-17,20,26,29,38H,18-19H2,1-2H3,(H3,35,36)(H,37,39)(H,40,41). The number of carboxylic acid groups (broad SMARTS) is 1. The number of carbonyl (C=O) groups excluding carboxylic acids is 1. The number of amidine groups is 1. The smallest absolute Gasteiger partial charge is 0.336 e. The van der Waals surface area contributed by atoms with Crippen LogP contribution in [0.3, 0.4) is 0 Å². The van der Waals surface area contributed by atoms with Gasteiger partial charge in [0, 0.05) is 34.8 Å². The number of anilines is 1. The van der Waals surface area contributed by atoms with Crippen LogP contribution in [-0.2, 0) is 0 Å². The van der Waals surface area contributed by atoms with Crippen LogP contribution in [0, 0.1) is 11.3 Å². The Morgan fingerprint density at radius 1 is 1.00 bits per heavy atom. The second-order valence-corrected chi connectivity index (χ2v) is 10.8. The molecule has 0 saturated heterocycles. The minimum Gasteiger partial charge on any atom is -0.478 e. The largest absolute Gasteiger partial charge is 0.478 e. The number of fused-ring (bicyclic) bond motifs is 1. The van der Waals surface area contributed by atoms with E-state index in [0.717, 1.165) is 22.4 Å². The highest BCUT2D eigenvalue weighted by molar-refractivity contribution is 6.04. The number of hydrogen-bond donors (Lipinski definition) is 5. The fourth-order valence-corrected chi connectivity index (χ4v) is 5.61. The molecule has 7 heteroatoms. The van der Waals surface area contributed by atoms with Crippen LogP contribution in [0.5, 0.6) is 0 Å². The van der Waals surface area contributed by atoms with Gasteiger partial charge in [0.15, 0.2) is 0 Å². The van der Waals surface area contributed by atoms with Crippen molar-refractivity contribution in [3.63, 3.8) is 0 Å². The molecule has 1 aliphatic heterocycles. The van der Waals surface area contributed by atoms with E-state index in [4.69, 9.17) is 11.1 Å². The Hall–Kier alpha value is -4.91. The average molecular weight is 547 g/mol.